The van der Waals surface area contributed by atoms with Gasteiger partial charge >= 0.3 is 0 Å². The molecule has 94 valence electrons. The van der Waals surface area contributed by atoms with Gasteiger partial charge in [0.2, 0.25) is 0 Å². The van der Waals surface area contributed by atoms with Gasteiger partial charge in [0, 0.05) is 26.7 Å². The second-order valence-electron chi connectivity index (χ2n) is 2.66. The molecule has 15 heavy (non-hydrogen) atoms. The summed E-state index contributed by atoms with van der Waals surface area (Å²) >= 11 is 0. The normalized spacial score (nSPS) is 10.3. The average Bonchev–Trinajstić information content (AvgIpc) is 2.05. The van der Waals surface area contributed by atoms with Gasteiger partial charge in [0.15, 0.2) is 0 Å². The summed E-state index contributed by atoms with van der Waals surface area (Å²) in [6.45, 7) is 8.48. The Morgan fingerprint density at radius 2 is 1.67 bits per heavy atom. The molecular formula is C10H24O5. The van der Waals surface area contributed by atoms with Gasteiger partial charge in [0.1, 0.15) is 0 Å². The fourth-order valence-electron chi connectivity index (χ4n) is 0.391. The highest BCUT2D eigenvalue weighted by Gasteiger charge is 1.88. The Morgan fingerprint density at radius 1 is 1.33 bits per heavy atom. The lowest BCUT2D eigenvalue weighted by molar-refractivity contribution is -0.134. The number of ether oxygens (including phenoxy) is 1. The van der Waals surface area contributed by atoms with E-state index in [0.717, 1.165) is 20.1 Å². The number of aliphatic hydroxyl groups is 2. The fourth-order valence-corrected chi connectivity index (χ4v) is 0.391. The van der Waals surface area contributed by atoms with Crippen LogP contribution in [0.5, 0.6) is 0 Å². The number of aliphatic carboxylic acids is 1. The Kier molecular flexibility index (Phi) is 25.2. The molecule has 0 spiro atoms. The highest BCUT2D eigenvalue weighted by molar-refractivity contribution is 5.62. The Hall–Kier alpha value is -0.650. The van der Waals surface area contributed by atoms with Crippen molar-refractivity contribution in [3.05, 3.63) is 0 Å². The molecule has 1 unspecified atom stereocenters. The van der Waals surface area contributed by atoms with Crippen molar-refractivity contribution in [1.29, 1.82) is 0 Å². The first-order valence-corrected chi connectivity index (χ1v) is 4.98. The monoisotopic (exact) mass is 224 g/mol. The Morgan fingerprint density at radius 3 is 1.67 bits per heavy atom. The summed E-state index contributed by atoms with van der Waals surface area (Å²) in [5.74, 6) is -0.833. The number of hydrogen-bond donors (Lipinski definition) is 3. The van der Waals surface area contributed by atoms with Crippen molar-refractivity contribution in [2.24, 2.45) is 0 Å². The summed E-state index contributed by atoms with van der Waals surface area (Å²) in [5.41, 5.74) is 0. The van der Waals surface area contributed by atoms with E-state index in [4.69, 9.17) is 24.9 Å². The van der Waals surface area contributed by atoms with Crippen LogP contribution in [0, 0.1) is 0 Å². The summed E-state index contributed by atoms with van der Waals surface area (Å²) in [4.78, 5) is 9.00. The quantitative estimate of drug-likeness (QED) is 0.660. The van der Waals surface area contributed by atoms with Crippen LogP contribution in [0.15, 0.2) is 0 Å². The van der Waals surface area contributed by atoms with Crippen LogP contribution in [0.25, 0.3) is 0 Å². The van der Waals surface area contributed by atoms with Gasteiger partial charge in [-0.05, 0) is 27.2 Å². The highest BCUT2D eigenvalue weighted by atomic mass is 16.5. The van der Waals surface area contributed by atoms with E-state index in [1.54, 1.807) is 6.92 Å². The SMILES string of the molecule is CC(=O)O.CC(O)CCO.CCOCC. The first-order valence-electron chi connectivity index (χ1n) is 4.98. The van der Waals surface area contributed by atoms with Crippen LogP contribution in [0.2, 0.25) is 0 Å². The topological polar surface area (TPSA) is 87.0 Å². The van der Waals surface area contributed by atoms with E-state index in [2.05, 4.69) is 0 Å². The van der Waals surface area contributed by atoms with E-state index in [1.807, 2.05) is 13.8 Å². The largest absolute Gasteiger partial charge is 0.481 e. The minimum atomic E-state index is -0.833. The molecule has 0 heterocycles. The van der Waals surface area contributed by atoms with Crippen LogP contribution in [-0.2, 0) is 9.53 Å². The smallest absolute Gasteiger partial charge is 0.300 e. The fraction of sp³-hybridized carbons (Fsp3) is 0.900. The van der Waals surface area contributed by atoms with E-state index >= 15 is 0 Å². The van der Waals surface area contributed by atoms with Crippen LogP contribution in [0.1, 0.15) is 34.1 Å². The Bertz CT molecular complexity index is 108. The molecule has 0 rings (SSSR count). The molecule has 0 bridgehead atoms. The lowest BCUT2D eigenvalue weighted by Crippen LogP contribution is -2.00. The first-order chi connectivity index (χ1) is 6.92. The van der Waals surface area contributed by atoms with E-state index in [0.29, 0.717) is 6.42 Å². The maximum atomic E-state index is 9.00. The van der Waals surface area contributed by atoms with Crippen LogP contribution < -0.4 is 0 Å². The molecule has 0 fully saturated rings. The molecular weight excluding hydrogens is 200 g/mol. The Balaban J connectivity index is -0.000000147. The van der Waals surface area contributed by atoms with Gasteiger partial charge in [0.25, 0.3) is 5.97 Å². The van der Waals surface area contributed by atoms with Gasteiger partial charge in [0.05, 0.1) is 6.10 Å². The first kappa shape index (κ1) is 19.9. The van der Waals surface area contributed by atoms with Crippen molar-refractivity contribution in [3.8, 4) is 0 Å². The lowest BCUT2D eigenvalue weighted by atomic mass is 10.3. The van der Waals surface area contributed by atoms with Crippen molar-refractivity contribution in [1.82, 2.24) is 0 Å². The molecule has 0 amide bonds. The van der Waals surface area contributed by atoms with Crippen LogP contribution in [0.4, 0.5) is 0 Å². The number of carboxylic acid groups (broad SMARTS) is 1. The second-order valence-corrected chi connectivity index (χ2v) is 2.66. The molecule has 0 aromatic heterocycles. The molecule has 5 nitrogen and oxygen atoms in total. The van der Waals surface area contributed by atoms with Gasteiger partial charge in [-0.1, -0.05) is 0 Å². The zero-order valence-electron chi connectivity index (χ0n) is 10.1. The van der Waals surface area contributed by atoms with Gasteiger partial charge in [-0.3, -0.25) is 4.79 Å². The molecule has 1 atom stereocenters. The van der Waals surface area contributed by atoms with E-state index in [-0.39, 0.29) is 12.7 Å². The number of carboxylic acids is 1. The molecule has 0 aliphatic rings. The summed E-state index contributed by atoms with van der Waals surface area (Å²) in [6.07, 6.45) is 0.134. The van der Waals surface area contributed by atoms with Crippen molar-refractivity contribution in [2.45, 2.75) is 40.2 Å². The number of hydrogen-bond acceptors (Lipinski definition) is 4. The summed E-state index contributed by atoms with van der Waals surface area (Å²) in [5, 5.41) is 23.9. The standard InChI is InChI=1S/C4H10O2.C4H10O.C2H4O2/c1-4(6)2-3-5;1-3-5-4-2;1-2(3)4/h4-6H,2-3H2,1H3;3-4H2,1-2H3;1H3,(H,3,4). The maximum absolute atomic E-state index is 9.00. The molecule has 0 saturated carbocycles. The minimum absolute atomic E-state index is 0.0810. The van der Waals surface area contributed by atoms with E-state index in [1.165, 1.54) is 0 Å². The molecule has 3 N–H and O–H groups in total. The third-order valence-corrected chi connectivity index (χ3v) is 0.955. The Labute approximate surface area is 91.7 Å². The molecule has 0 aromatic carbocycles. The summed E-state index contributed by atoms with van der Waals surface area (Å²) in [6, 6.07) is 0. The van der Waals surface area contributed by atoms with Gasteiger partial charge in [-0.25, -0.2) is 0 Å². The van der Waals surface area contributed by atoms with E-state index in [9.17, 15) is 0 Å². The maximum Gasteiger partial charge on any atom is 0.300 e. The zero-order valence-corrected chi connectivity index (χ0v) is 10.1. The molecule has 0 aliphatic heterocycles. The van der Waals surface area contributed by atoms with Gasteiger partial charge in [-0.2, -0.15) is 0 Å². The highest BCUT2D eigenvalue weighted by Crippen LogP contribution is 1.83. The van der Waals surface area contributed by atoms with Crippen LogP contribution in [-0.4, -0.2) is 47.2 Å². The van der Waals surface area contributed by atoms with Gasteiger partial charge < -0.3 is 20.1 Å². The number of aliphatic hydroxyl groups excluding tert-OH is 2. The number of rotatable bonds is 4. The molecule has 0 aromatic rings. The average molecular weight is 224 g/mol. The van der Waals surface area contributed by atoms with Crippen LogP contribution >= 0.6 is 0 Å². The third kappa shape index (κ3) is 90.9. The predicted octanol–water partition coefficient (Wildman–Crippen LogP) is 0.883. The zero-order chi connectivity index (χ0) is 12.7. The van der Waals surface area contributed by atoms with Crippen molar-refractivity contribution in [2.75, 3.05) is 19.8 Å². The lowest BCUT2D eigenvalue weighted by Gasteiger charge is -1.95. The summed E-state index contributed by atoms with van der Waals surface area (Å²) < 4.78 is 4.83. The van der Waals surface area contributed by atoms with Crippen LogP contribution in [0.3, 0.4) is 0 Å². The van der Waals surface area contributed by atoms with E-state index < -0.39 is 5.97 Å². The molecule has 0 radical (unpaired) electrons. The van der Waals surface area contributed by atoms with Crippen molar-refractivity contribution >= 4 is 5.97 Å². The minimum Gasteiger partial charge on any atom is -0.481 e. The van der Waals surface area contributed by atoms with Crippen molar-refractivity contribution < 1.29 is 24.9 Å². The predicted molar refractivity (Wildman–Crippen MR) is 58.9 cm³/mol. The van der Waals surface area contributed by atoms with Gasteiger partial charge in [-0.15, -0.1) is 0 Å². The second kappa shape index (κ2) is 19.0. The van der Waals surface area contributed by atoms with Crippen molar-refractivity contribution in [3.63, 3.8) is 0 Å². The third-order valence-electron chi connectivity index (χ3n) is 0.955. The molecule has 0 saturated heterocycles. The molecule has 0 aliphatic carbocycles. The summed E-state index contributed by atoms with van der Waals surface area (Å²) in [7, 11) is 0. The number of carbonyl (C=O) groups is 1. The molecule has 5 heteroatoms.